The number of ether oxygens (including phenoxy) is 2. The molecule has 0 aliphatic carbocycles. The number of esters is 1. The van der Waals surface area contributed by atoms with Crippen LogP contribution in [0.25, 0.3) is 0 Å². The van der Waals surface area contributed by atoms with Crippen LogP contribution < -0.4 is 10.6 Å². The molecule has 0 saturated heterocycles. The van der Waals surface area contributed by atoms with Gasteiger partial charge in [0.1, 0.15) is 11.6 Å². The molecule has 0 aliphatic heterocycles. The molecule has 0 heterocycles. The van der Waals surface area contributed by atoms with Gasteiger partial charge in [-0.25, -0.2) is 9.59 Å². The molecular formula is C20H30N2O5S. The van der Waals surface area contributed by atoms with Gasteiger partial charge in [0.2, 0.25) is 5.91 Å². The summed E-state index contributed by atoms with van der Waals surface area (Å²) in [4.78, 5) is 35.9. The second-order valence-electron chi connectivity index (χ2n) is 7.05. The van der Waals surface area contributed by atoms with E-state index in [1.54, 1.807) is 27.7 Å². The van der Waals surface area contributed by atoms with Crippen molar-refractivity contribution in [1.82, 2.24) is 10.6 Å². The van der Waals surface area contributed by atoms with Gasteiger partial charge in [0.15, 0.2) is 0 Å². The lowest BCUT2D eigenvalue weighted by Gasteiger charge is -2.22. The summed E-state index contributed by atoms with van der Waals surface area (Å²) >= 11 is 1.25. The third kappa shape index (κ3) is 10.8. The van der Waals surface area contributed by atoms with Gasteiger partial charge in [-0.1, -0.05) is 30.3 Å². The molecule has 2 amide bonds. The number of thioether (sulfide) groups is 1. The highest BCUT2D eigenvalue weighted by Crippen LogP contribution is 2.09. The maximum Gasteiger partial charge on any atom is 0.408 e. The van der Waals surface area contributed by atoms with Gasteiger partial charge >= 0.3 is 12.1 Å². The predicted molar refractivity (Wildman–Crippen MR) is 110 cm³/mol. The van der Waals surface area contributed by atoms with Gasteiger partial charge in [0.25, 0.3) is 0 Å². The number of alkyl carbamates (subject to hydrolysis) is 1. The molecule has 8 heteroatoms. The summed E-state index contributed by atoms with van der Waals surface area (Å²) in [5.74, 6) is -0.281. The zero-order valence-electron chi connectivity index (χ0n) is 16.9. The summed E-state index contributed by atoms with van der Waals surface area (Å²) in [6, 6.07) is 9.00. The number of hydrogen-bond acceptors (Lipinski definition) is 6. The maximum atomic E-state index is 12.0. The molecule has 0 fully saturated rings. The molecule has 7 nitrogen and oxygen atoms in total. The van der Waals surface area contributed by atoms with Crippen LogP contribution in [0.15, 0.2) is 30.3 Å². The number of carbonyl (C=O) groups excluding carboxylic acids is 3. The Labute approximate surface area is 170 Å². The van der Waals surface area contributed by atoms with Crippen molar-refractivity contribution in [3.63, 3.8) is 0 Å². The van der Waals surface area contributed by atoms with Crippen molar-refractivity contribution < 1.29 is 23.9 Å². The van der Waals surface area contributed by atoms with Gasteiger partial charge in [-0.3, -0.25) is 4.79 Å². The number of hydrogen-bond donors (Lipinski definition) is 2. The van der Waals surface area contributed by atoms with E-state index in [0.29, 0.717) is 6.54 Å². The van der Waals surface area contributed by atoms with Crippen molar-refractivity contribution in [2.45, 2.75) is 45.8 Å². The smallest absolute Gasteiger partial charge is 0.408 e. The Balaban J connectivity index is 2.38. The maximum absolute atomic E-state index is 12.0. The van der Waals surface area contributed by atoms with E-state index in [4.69, 9.17) is 9.47 Å². The first-order valence-electron chi connectivity index (χ1n) is 9.25. The van der Waals surface area contributed by atoms with Crippen LogP contribution in [0.3, 0.4) is 0 Å². The minimum atomic E-state index is -0.878. The fourth-order valence-electron chi connectivity index (χ4n) is 2.17. The molecule has 0 saturated carbocycles. The quantitative estimate of drug-likeness (QED) is 0.576. The van der Waals surface area contributed by atoms with Gasteiger partial charge in [-0.05, 0) is 39.7 Å². The van der Waals surface area contributed by atoms with Crippen LogP contribution in [0.2, 0.25) is 0 Å². The Morgan fingerprint density at radius 2 is 1.82 bits per heavy atom. The topological polar surface area (TPSA) is 93.7 Å². The molecule has 1 atom stereocenters. The van der Waals surface area contributed by atoms with Crippen LogP contribution in [0, 0.1) is 0 Å². The van der Waals surface area contributed by atoms with Crippen molar-refractivity contribution in [1.29, 1.82) is 0 Å². The number of nitrogens with one attached hydrogen (secondary N) is 2. The molecule has 0 spiro atoms. The molecule has 0 radical (unpaired) electrons. The zero-order chi connectivity index (χ0) is 21.0. The zero-order valence-corrected chi connectivity index (χ0v) is 17.8. The molecule has 28 heavy (non-hydrogen) atoms. The summed E-state index contributed by atoms with van der Waals surface area (Å²) in [7, 11) is 0. The number of rotatable bonds is 10. The summed E-state index contributed by atoms with van der Waals surface area (Å²) in [5.41, 5.74) is 0.481. The fraction of sp³-hybridized carbons (Fsp3) is 0.550. The Morgan fingerprint density at radius 1 is 1.14 bits per heavy atom. The Bertz CT molecular complexity index is 631. The Hall–Kier alpha value is -2.22. The minimum absolute atomic E-state index is 0.124. The molecular weight excluding hydrogens is 380 g/mol. The highest BCUT2D eigenvalue weighted by Gasteiger charge is 2.25. The van der Waals surface area contributed by atoms with Crippen LogP contribution in [-0.2, 0) is 25.5 Å². The predicted octanol–water partition coefficient (Wildman–Crippen LogP) is 2.53. The minimum Gasteiger partial charge on any atom is -0.464 e. The second kappa shape index (κ2) is 12.3. The molecule has 1 aromatic rings. The van der Waals surface area contributed by atoms with E-state index >= 15 is 0 Å². The van der Waals surface area contributed by atoms with E-state index in [-0.39, 0.29) is 24.0 Å². The SMILES string of the molecule is CCOC(=O)[C@H](CSCC(=O)NCCc1ccccc1)NC(=O)OC(C)(C)C. The van der Waals surface area contributed by atoms with Crippen LogP contribution in [0.4, 0.5) is 4.79 Å². The molecule has 0 aliphatic rings. The van der Waals surface area contributed by atoms with Crippen molar-refractivity contribution in [2.75, 3.05) is 24.7 Å². The molecule has 1 aromatic carbocycles. The summed E-state index contributed by atoms with van der Waals surface area (Å²) < 4.78 is 10.2. The van der Waals surface area contributed by atoms with Gasteiger partial charge in [0.05, 0.1) is 12.4 Å². The fourth-order valence-corrected chi connectivity index (χ4v) is 3.03. The van der Waals surface area contributed by atoms with Gasteiger partial charge in [0, 0.05) is 12.3 Å². The Kier molecular flexibility index (Phi) is 10.4. The van der Waals surface area contributed by atoms with E-state index in [2.05, 4.69) is 10.6 Å². The molecule has 2 N–H and O–H groups in total. The third-order valence-corrected chi connectivity index (χ3v) is 4.39. The van der Waals surface area contributed by atoms with E-state index in [9.17, 15) is 14.4 Å². The monoisotopic (exact) mass is 410 g/mol. The van der Waals surface area contributed by atoms with E-state index < -0.39 is 23.7 Å². The number of carbonyl (C=O) groups is 3. The summed E-state index contributed by atoms with van der Waals surface area (Å²) in [6.45, 7) is 7.65. The number of benzene rings is 1. The van der Waals surface area contributed by atoms with Crippen LogP contribution in [0.1, 0.15) is 33.3 Å². The van der Waals surface area contributed by atoms with E-state index in [0.717, 1.165) is 12.0 Å². The van der Waals surface area contributed by atoms with Crippen LogP contribution in [0.5, 0.6) is 0 Å². The van der Waals surface area contributed by atoms with Crippen LogP contribution in [-0.4, -0.2) is 54.3 Å². The molecule has 0 unspecified atom stereocenters. The standard InChI is InChI=1S/C20H30N2O5S/c1-5-26-18(24)16(22-19(25)27-20(2,3)4)13-28-14-17(23)21-12-11-15-9-7-6-8-10-15/h6-10,16H,5,11-14H2,1-4H3,(H,21,23)(H,22,25)/t16-/m0/s1. The van der Waals surface area contributed by atoms with Gasteiger partial charge in [-0.2, -0.15) is 0 Å². The molecule has 0 bridgehead atoms. The lowest BCUT2D eigenvalue weighted by Crippen LogP contribution is -2.46. The van der Waals surface area contributed by atoms with Crippen molar-refractivity contribution in [2.24, 2.45) is 0 Å². The van der Waals surface area contributed by atoms with Crippen molar-refractivity contribution in [3.8, 4) is 0 Å². The first kappa shape index (κ1) is 23.8. The van der Waals surface area contributed by atoms with Crippen molar-refractivity contribution >= 4 is 29.7 Å². The van der Waals surface area contributed by atoms with E-state index in [1.165, 1.54) is 11.8 Å². The highest BCUT2D eigenvalue weighted by molar-refractivity contribution is 8.00. The first-order valence-corrected chi connectivity index (χ1v) is 10.4. The summed E-state index contributed by atoms with van der Waals surface area (Å²) in [5, 5.41) is 5.35. The molecule has 0 aromatic heterocycles. The van der Waals surface area contributed by atoms with Crippen molar-refractivity contribution in [3.05, 3.63) is 35.9 Å². The van der Waals surface area contributed by atoms with Gasteiger partial charge in [-0.15, -0.1) is 11.8 Å². The lowest BCUT2D eigenvalue weighted by atomic mass is 10.1. The molecule has 156 valence electrons. The van der Waals surface area contributed by atoms with E-state index in [1.807, 2.05) is 30.3 Å². The second-order valence-corrected chi connectivity index (χ2v) is 8.08. The average molecular weight is 411 g/mol. The van der Waals surface area contributed by atoms with Crippen LogP contribution >= 0.6 is 11.8 Å². The number of amides is 2. The average Bonchev–Trinajstić information content (AvgIpc) is 2.60. The highest BCUT2D eigenvalue weighted by atomic mass is 32.2. The third-order valence-electron chi connectivity index (χ3n) is 3.36. The largest absolute Gasteiger partial charge is 0.464 e. The molecule has 1 rings (SSSR count). The lowest BCUT2D eigenvalue weighted by molar-refractivity contribution is -0.145. The summed E-state index contributed by atoms with van der Waals surface area (Å²) in [6.07, 6.45) is 0.0570. The normalized spacial score (nSPS) is 12.0. The Morgan fingerprint density at radius 3 is 2.43 bits per heavy atom. The first-order chi connectivity index (χ1) is 13.2. The van der Waals surface area contributed by atoms with Gasteiger partial charge < -0.3 is 20.1 Å².